The maximum Gasteiger partial charge on any atom is 0.277 e. The van der Waals surface area contributed by atoms with Crippen LogP contribution >= 0.6 is 0 Å². The molecule has 0 aliphatic carbocycles. The smallest absolute Gasteiger partial charge is 0.277 e. The highest BCUT2D eigenvalue weighted by Crippen LogP contribution is 2.24. The molecule has 134 valence electrons. The zero-order chi connectivity index (χ0) is 18.6. The van der Waals surface area contributed by atoms with Crippen LogP contribution in [0.5, 0.6) is 5.75 Å². The van der Waals surface area contributed by atoms with Crippen LogP contribution in [0.25, 0.3) is 22.8 Å². The molecule has 0 unspecified atom stereocenters. The molecule has 0 saturated carbocycles. The molecular formula is C19H15N5O3. The largest absolute Gasteiger partial charge is 0.497 e. The third-order valence-electron chi connectivity index (χ3n) is 3.89. The van der Waals surface area contributed by atoms with Crippen molar-refractivity contribution in [2.45, 2.75) is 0 Å². The van der Waals surface area contributed by atoms with E-state index in [0.717, 1.165) is 16.9 Å². The molecule has 0 saturated heterocycles. The lowest BCUT2D eigenvalue weighted by Gasteiger charge is -2.03. The summed E-state index contributed by atoms with van der Waals surface area (Å²) >= 11 is 0. The zero-order valence-electron chi connectivity index (χ0n) is 14.3. The van der Waals surface area contributed by atoms with Gasteiger partial charge in [-0.2, -0.15) is 5.10 Å². The average Bonchev–Trinajstić information content (AvgIpc) is 3.41. The van der Waals surface area contributed by atoms with Crippen LogP contribution in [0.4, 0.5) is 5.69 Å². The number of hydrogen-bond acceptors (Lipinski definition) is 6. The first kappa shape index (κ1) is 16.5. The lowest BCUT2D eigenvalue weighted by atomic mass is 10.2. The number of nitrogens with one attached hydrogen (secondary N) is 2. The normalized spacial score (nSPS) is 10.6. The molecule has 0 bridgehead atoms. The number of aromatic nitrogens is 4. The molecule has 8 nitrogen and oxygen atoms in total. The number of rotatable bonds is 5. The minimum Gasteiger partial charge on any atom is -0.497 e. The predicted octanol–water partition coefficient (Wildman–Crippen LogP) is 3.39. The summed E-state index contributed by atoms with van der Waals surface area (Å²) < 4.78 is 10.0. The van der Waals surface area contributed by atoms with E-state index in [-0.39, 0.29) is 11.6 Å². The number of nitrogens with zero attached hydrogens (tertiary/aromatic N) is 3. The van der Waals surface area contributed by atoms with Gasteiger partial charge in [0.25, 0.3) is 5.91 Å². The molecule has 0 radical (unpaired) electrons. The second-order valence-electron chi connectivity index (χ2n) is 5.64. The summed E-state index contributed by atoms with van der Waals surface area (Å²) in [5, 5.41) is 9.94. The number of oxazole rings is 1. The van der Waals surface area contributed by atoms with Crippen LogP contribution in [0.15, 0.2) is 65.6 Å². The number of carbonyl (C=O) groups excluding carboxylic acids is 1. The van der Waals surface area contributed by atoms with Gasteiger partial charge in [-0.25, -0.2) is 9.97 Å². The quantitative estimate of drug-likeness (QED) is 0.564. The molecule has 0 fully saturated rings. The number of benzene rings is 2. The van der Waals surface area contributed by atoms with Crippen LogP contribution in [-0.4, -0.2) is 33.2 Å². The van der Waals surface area contributed by atoms with Crippen molar-refractivity contribution in [1.29, 1.82) is 0 Å². The van der Waals surface area contributed by atoms with Gasteiger partial charge >= 0.3 is 0 Å². The van der Waals surface area contributed by atoms with Crippen LogP contribution in [0, 0.1) is 0 Å². The van der Waals surface area contributed by atoms with Crippen molar-refractivity contribution in [2.75, 3.05) is 12.4 Å². The highest BCUT2D eigenvalue weighted by atomic mass is 16.5. The Balaban J connectivity index is 1.51. The van der Waals surface area contributed by atoms with Crippen molar-refractivity contribution >= 4 is 11.6 Å². The van der Waals surface area contributed by atoms with Crippen molar-refractivity contribution in [2.24, 2.45) is 0 Å². The van der Waals surface area contributed by atoms with Crippen molar-refractivity contribution in [3.8, 4) is 28.5 Å². The van der Waals surface area contributed by atoms with Crippen LogP contribution < -0.4 is 10.1 Å². The SMILES string of the molecule is COc1cccc(-c2n[nH]c(-c3ccc(NC(=O)c4cocn4)cc3)n2)c1. The second-order valence-corrected chi connectivity index (χ2v) is 5.64. The molecular weight excluding hydrogens is 346 g/mol. The molecule has 8 heteroatoms. The molecule has 2 heterocycles. The summed E-state index contributed by atoms with van der Waals surface area (Å²) in [6.07, 6.45) is 2.50. The van der Waals surface area contributed by atoms with Crippen LogP contribution in [0.2, 0.25) is 0 Å². The number of ether oxygens (including phenoxy) is 1. The minimum atomic E-state index is -0.337. The number of amides is 1. The number of aromatic amines is 1. The molecule has 1 amide bonds. The number of hydrogen-bond donors (Lipinski definition) is 2. The Morgan fingerprint density at radius 3 is 2.74 bits per heavy atom. The van der Waals surface area contributed by atoms with E-state index < -0.39 is 0 Å². The third kappa shape index (κ3) is 3.54. The third-order valence-corrected chi connectivity index (χ3v) is 3.89. The van der Waals surface area contributed by atoms with Crippen molar-refractivity contribution in [3.05, 3.63) is 66.9 Å². The molecule has 27 heavy (non-hydrogen) atoms. The van der Waals surface area contributed by atoms with Gasteiger partial charge < -0.3 is 14.5 Å². The molecule has 0 aliphatic heterocycles. The van der Waals surface area contributed by atoms with E-state index in [1.807, 2.05) is 36.4 Å². The van der Waals surface area contributed by atoms with Gasteiger partial charge in [0.1, 0.15) is 12.0 Å². The number of anilines is 1. The zero-order valence-corrected chi connectivity index (χ0v) is 14.3. The first-order valence-electron chi connectivity index (χ1n) is 8.10. The van der Waals surface area contributed by atoms with Gasteiger partial charge in [0.2, 0.25) is 0 Å². The summed E-state index contributed by atoms with van der Waals surface area (Å²) in [6.45, 7) is 0. The van der Waals surface area contributed by atoms with Gasteiger partial charge in [-0.15, -0.1) is 0 Å². The summed E-state index contributed by atoms with van der Waals surface area (Å²) in [5.41, 5.74) is 2.56. The molecule has 2 N–H and O–H groups in total. The van der Waals surface area contributed by atoms with Gasteiger partial charge in [0.15, 0.2) is 23.7 Å². The second kappa shape index (κ2) is 7.12. The molecule has 0 atom stereocenters. The topological polar surface area (TPSA) is 106 Å². The predicted molar refractivity (Wildman–Crippen MR) is 98.3 cm³/mol. The Kier molecular flexibility index (Phi) is 4.36. The standard InChI is InChI=1S/C19H15N5O3/c1-26-15-4-2-3-13(9-15)18-22-17(23-24-18)12-5-7-14(8-6-12)21-19(25)16-10-27-11-20-16/h2-11H,1H3,(H,21,25)(H,22,23,24). The fourth-order valence-corrected chi connectivity index (χ4v) is 2.51. The van der Waals surface area contributed by atoms with Crippen LogP contribution in [0.1, 0.15) is 10.5 Å². The fourth-order valence-electron chi connectivity index (χ4n) is 2.51. The molecule has 0 aliphatic rings. The minimum absolute atomic E-state index is 0.220. The Hall–Kier alpha value is -3.94. The Bertz CT molecular complexity index is 1060. The lowest BCUT2D eigenvalue weighted by molar-refractivity contribution is 0.102. The van der Waals surface area contributed by atoms with Gasteiger partial charge in [0, 0.05) is 16.8 Å². The summed E-state index contributed by atoms with van der Waals surface area (Å²) in [7, 11) is 1.62. The van der Waals surface area contributed by atoms with Crippen LogP contribution in [-0.2, 0) is 0 Å². The Morgan fingerprint density at radius 2 is 2.00 bits per heavy atom. The molecule has 2 aromatic carbocycles. The summed E-state index contributed by atoms with van der Waals surface area (Å²) in [5.74, 6) is 1.61. The highest BCUT2D eigenvalue weighted by molar-refractivity contribution is 6.02. The van der Waals surface area contributed by atoms with E-state index >= 15 is 0 Å². The molecule has 2 aromatic heterocycles. The van der Waals surface area contributed by atoms with E-state index in [1.165, 1.54) is 12.7 Å². The van der Waals surface area contributed by atoms with E-state index in [0.29, 0.717) is 17.3 Å². The highest BCUT2D eigenvalue weighted by Gasteiger charge is 2.11. The van der Waals surface area contributed by atoms with Gasteiger partial charge in [-0.05, 0) is 36.4 Å². The number of H-pyrrole nitrogens is 1. The van der Waals surface area contributed by atoms with E-state index in [1.54, 1.807) is 19.2 Å². The van der Waals surface area contributed by atoms with E-state index in [9.17, 15) is 4.79 Å². The van der Waals surface area contributed by atoms with E-state index in [2.05, 4.69) is 25.5 Å². The molecule has 4 rings (SSSR count). The van der Waals surface area contributed by atoms with Crippen molar-refractivity contribution in [3.63, 3.8) is 0 Å². The first-order chi connectivity index (χ1) is 13.2. The van der Waals surface area contributed by atoms with Gasteiger partial charge in [0.05, 0.1) is 7.11 Å². The monoisotopic (exact) mass is 361 g/mol. The van der Waals surface area contributed by atoms with Crippen molar-refractivity contribution < 1.29 is 13.9 Å². The fraction of sp³-hybridized carbons (Fsp3) is 0.0526. The average molecular weight is 361 g/mol. The lowest BCUT2D eigenvalue weighted by Crippen LogP contribution is -2.11. The summed E-state index contributed by atoms with van der Waals surface area (Å²) in [6, 6.07) is 14.8. The maximum atomic E-state index is 12.0. The van der Waals surface area contributed by atoms with Gasteiger partial charge in [-0.1, -0.05) is 12.1 Å². The first-order valence-corrected chi connectivity index (χ1v) is 8.10. The Labute approximate surface area is 154 Å². The van der Waals surface area contributed by atoms with E-state index in [4.69, 9.17) is 9.15 Å². The number of carbonyl (C=O) groups is 1. The Morgan fingerprint density at radius 1 is 1.15 bits per heavy atom. The molecule has 0 spiro atoms. The van der Waals surface area contributed by atoms with Gasteiger partial charge in [-0.3, -0.25) is 9.89 Å². The van der Waals surface area contributed by atoms with Crippen LogP contribution in [0.3, 0.4) is 0 Å². The summed E-state index contributed by atoms with van der Waals surface area (Å²) in [4.78, 5) is 20.3. The maximum absolute atomic E-state index is 12.0. The van der Waals surface area contributed by atoms with Crippen molar-refractivity contribution in [1.82, 2.24) is 20.2 Å². The number of methoxy groups -OCH3 is 1. The molecule has 4 aromatic rings.